The first kappa shape index (κ1) is 20.0. The zero-order chi connectivity index (χ0) is 21.3. The molecule has 11 heteroatoms. The lowest BCUT2D eigenvalue weighted by molar-refractivity contribution is 0.0743. The van der Waals surface area contributed by atoms with E-state index >= 15 is 0 Å². The summed E-state index contributed by atoms with van der Waals surface area (Å²) in [7, 11) is 1.51. The summed E-state index contributed by atoms with van der Waals surface area (Å²) in [6.45, 7) is 6.33. The van der Waals surface area contributed by atoms with Crippen LogP contribution < -0.4 is 9.64 Å². The minimum Gasteiger partial charge on any atom is -0.496 e. The molecule has 0 saturated carbocycles. The van der Waals surface area contributed by atoms with Gasteiger partial charge >= 0.3 is 0 Å². The highest BCUT2D eigenvalue weighted by molar-refractivity contribution is 6.33. The normalized spacial score (nSPS) is 14.1. The molecule has 1 amide bonds. The first-order valence-corrected chi connectivity index (χ1v) is 9.81. The second-order valence-electron chi connectivity index (χ2n) is 6.95. The van der Waals surface area contributed by atoms with Crippen LogP contribution in [0.15, 0.2) is 24.5 Å². The van der Waals surface area contributed by atoms with Crippen LogP contribution in [0.3, 0.4) is 0 Å². The minimum atomic E-state index is -0.133. The number of hydrogen-bond acceptors (Lipinski definition) is 8. The number of halogens is 1. The Balaban J connectivity index is 1.52. The van der Waals surface area contributed by atoms with Crippen LogP contribution in [0.1, 0.15) is 21.9 Å². The summed E-state index contributed by atoms with van der Waals surface area (Å²) in [6, 6.07) is 5.23. The number of amides is 1. The first-order valence-electron chi connectivity index (χ1n) is 9.43. The summed E-state index contributed by atoms with van der Waals surface area (Å²) in [5.41, 5.74) is 1.87. The van der Waals surface area contributed by atoms with Crippen LogP contribution in [-0.4, -0.2) is 74.3 Å². The molecule has 0 aliphatic carbocycles. The summed E-state index contributed by atoms with van der Waals surface area (Å²) >= 11 is 6.40. The molecule has 1 fully saturated rings. The summed E-state index contributed by atoms with van der Waals surface area (Å²) < 4.78 is 6.87. The van der Waals surface area contributed by atoms with Crippen molar-refractivity contribution in [3.63, 3.8) is 0 Å². The van der Waals surface area contributed by atoms with Crippen LogP contribution in [0.25, 0.3) is 5.69 Å². The summed E-state index contributed by atoms with van der Waals surface area (Å²) in [4.78, 5) is 26.0. The molecule has 0 radical (unpaired) electrons. The number of aromatic nitrogens is 6. The molecular weight excluding hydrogens is 408 g/mol. The molecule has 1 aromatic carbocycles. The fraction of sp³-hybridized carbons (Fsp3) is 0.368. The zero-order valence-corrected chi connectivity index (χ0v) is 17.7. The van der Waals surface area contributed by atoms with Crippen molar-refractivity contribution in [1.29, 1.82) is 0 Å². The van der Waals surface area contributed by atoms with E-state index in [9.17, 15) is 4.79 Å². The van der Waals surface area contributed by atoms with E-state index < -0.39 is 0 Å². The molecule has 156 valence electrons. The molecule has 0 unspecified atom stereocenters. The highest BCUT2D eigenvalue weighted by Gasteiger charge is 2.26. The average molecular weight is 429 g/mol. The number of hydrogen-bond donors (Lipinski definition) is 0. The molecule has 30 heavy (non-hydrogen) atoms. The monoisotopic (exact) mass is 428 g/mol. The van der Waals surface area contributed by atoms with Crippen molar-refractivity contribution in [3.8, 4) is 11.4 Å². The Hall–Kier alpha value is -3.27. The fourth-order valence-corrected chi connectivity index (χ4v) is 3.74. The molecule has 0 bridgehead atoms. The number of anilines is 1. The van der Waals surface area contributed by atoms with E-state index in [-0.39, 0.29) is 5.91 Å². The van der Waals surface area contributed by atoms with Gasteiger partial charge in [-0.3, -0.25) is 4.79 Å². The zero-order valence-electron chi connectivity index (χ0n) is 16.9. The number of carbonyl (C=O) groups is 1. The van der Waals surface area contributed by atoms with Crippen molar-refractivity contribution in [2.45, 2.75) is 13.8 Å². The smallest absolute Gasteiger partial charge is 0.257 e. The van der Waals surface area contributed by atoms with Gasteiger partial charge in [-0.2, -0.15) is 4.68 Å². The molecule has 10 nitrogen and oxygen atoms in total. The van der Waals surface area contributed by atoms with E-state index in [2.05, 4.69) is 30.4 Å². The van der Waals surface area contributed by atoms with E-state index in [1.807, 2.05) is 19.9 Å². The van der Waals surface area contributed by atoms with Crippen molar-refractivity contribution in [2.75, 3.05) is 38.2 Å². The van der Waals surface area contributed by atoms with E-state index in [0.29, 0.717) is 48.2 Å². The Bertz CT molecular complexity index is 1040. The number of aryl methyl sites for hydroxylation is 2. The first-order chi connectivity index (χ1) is 14.5. The Morgan fingerprint density at radius 3 is 2.50 bits per heavy atom. The van der Waals surface area contributed by atoms with Gasteiger partial charge in [0, 0.05) is 44.0 Å². The van der Waals surface area contributed by atoms with Gasteiger partial charge in [-0.05, 0) is 30.3 Å². The van der Waals surface area contributed by atoms with Crippen LogP contribution >= 0.6 is 11.6 Å². The van der Waals surface area contributed by atoms with E-state index in [1.54, 1.807) is 17.0 Å². The predicted octanol–water partition coefficient (Wildman–Crippen LogP) is 1.69. The SMILES string of the molecule is COc1cc(-n2cnnn2)c(Cl)cc1C(=O)N1CCN(c2cc(C)nc(C)n2)CC1. The van der Waals surface area contributed by atoms with Gasteiger partial charge in [0.2, 0.25) is 0 Å². The van der Waals surface area contributed by atoms with E-state index in [0.717, 1.165) is 17.3 Å². The quantitative estimate of drug-likeness (QED) is 0.618. The lowest BCUT2D eigenvalue weighted by atomic mass is 10.1. The average Bonchev–Trinajstić information content (AvgIpc) is 3.27. The van der Waals surface area contributed by atoms with Gasteiger partial charge in [-0.15, -0.1) is 5.10 Å². The lowest BCUT2D eigenvalue weighted by Crippen LogP contribution is -2.49. The maximum Gasteiger partial charge on any atom is 0.257 e. The molecule has 3 aromatic rings. The van der Waals surface area contributed by atoms with E-state index in [1.165, 1.54) is 18.1 Å². The van der Waals surface area contributed by atoms with Gasteiger partial charge in [-0.1, -0.05) is 11.6 Å². The number of benzene rings is 1. The van der Waals surface area contributed by atoms with Crippen LogP contribution in [-0.2, 0) is 0 Å². The van der Waals surface area contributed by atoms with Crippen molar-refractivity contribution in [3.05, 3.63) is 46.6 Å². The molecule has 3 heterocycles. The third-order valence-electron chi connectivity index (χ3n) is 4.94. The third kappa shape index (κ3) is 3.90. The Kier molecular flexibility index (Phi) is 5.49. The summed E-state index contributed by atoms with van der Waals surface area (Å²) in [5, 5.41) is 11.4. The summed E-state index contributed by atoms with van der Waals surface area (Å²) in [5.74, 6) is 1.91. The van der Waals surface area contributed by atoms with E-state index in [4.69, 9.17) is 16.3 Å². The highest BCUT2D eigenvalue weighted by Crippen LogP contribution is 2.30. The molecular formula is C19H21ClN8O2. The number of tetrazole rings is 1. The van der Waals surface area contributed by atoms with Crippen LogP contribution in [0.2, 0.25) is 5.02 Å². The maximum absolute atomic E-state index is 13.2. The molecule has 1 aliphatic heterocycles. The number of methoxy groups -OCH3 is 1. The Morgan fingerprint density at radius 2 is 1.87 bits per heavy atom. The van der Waals surface area contributed by atoms with Gasteiger partial charge in [0.15, 0.2) is 0 Å². The standard InChI is InChI=1S/C19H21ClN8O2/c1-12-8-18(23-13(2)22-12)26-4-6-27(7-5-26)19(29)14-9-15(20)16(10-17(14)30-3)28-11-21-24-25-28/h8-11H,4-7H2,1-3H3. The minimum absolute atomic E-state index is 0.133. The lowest BCUT2D eigenvalue weighted by Gasteiger charge is -2.35. The predicted molar refractivity (Wildman–Crippen MR) is 110 cm³/mol. The van der Waals surface area contributed by atoms with Crippen molar-refractivity contribution in [1.82, 2.24) is 35.1 Å². The largest absolute Gasteiger partial charge is 0.496 e. The molecule has 0 N–H and O–H groups in total. The van der Waals surface area contributed by atoms with Gasteiger partial charge in [-0.25, -0.2) is 9.97 Å². The third-order valence-corrected chi connectivity index (χ3v) is 5.24. The molecule has 1 aliphatic rings. The van der Waals surface area contributed by atoms with Crippen molar-refractivity contribution in [2.24, 2.45) is 0 Å². The number of rotatable bonds is 4. The van der Waals surface area contributed by atoms with Crippen LogP contribution in [0, 0.1) is 13.8 Å². The Labute approximate surface area is 178 Å². The van der Waals surface area contributed by atoms with Crippen LogP contribution in [0.4, 0.5) is 5.82 Å². The van der Waals surface area contributed by atoms with Gasteiger partial charge in [0.25, 0.3) is 5.91 Å². The Morgan fingerprint density at radius 1 is 1.10 bits per heavy atom. The molecule has 0 spiro atoms. The number of piperazine rings is 1. The molecule has 4 rings (SSSR count). The fourth-order valence-electron chi connectivity index (χ4n) is 3.49. The number of nitrogens with zero attached hydrogens (tertiary/aromatic N) is 8. The number of carbonyl (C=O) groups excluding carboxylic acids is 1. The maximum atomic E-state index is 13.2. The highest BCUT2D eigenvalue weighted by atomic mass is 35.5. The molecule has 0 atom stereocenters. The van der Waals surface area contributed by atoms with Crippen LogP contribution in [0.5, 0.6) is 5.75 Å². The number of ether oxygens (including phenoxy) is 1. The van der Waals surface area contributed by atoms with Gasteiger partial charge in [0.1, 0.15) is 23.7 Å². The molecule has 2 aromatic heterocycles. The molecule has 1 saturated heterocycles. The second-order valence-corrected chi connectivity index (χ2v) is 7.36. The summed E-state index contributed by atoms with van der Waals surface area (Å²) in [6.07, 6.45) is 1.43. The van der Waals surface area contributed by atoms with Crippen molar-refractivity contribution >= 4 is 23.3 Å². The van der Waals surface area contributed by atoms with Gasteiger partial charge in [0.05, 0.1) is 23.4 Å². The second kappa shape index (κ2) is 8.23. The topological polar surface area (TPSA) is 102 Å². The van der Waals surface area contributed by atoms with Gasteiger partial charge < -0.3 is 14.5 Å². The van der Waals surface area contributed by atoms with Crippen molar-refractivity contribution < 1.29 is 9.53 Å².